The van der Waals surface area contributed by atoms with Crippen LogP contribution in [0.3, 0.4) is 0 Å². The maximum atomic E-state index is 14.5. The molecule has 0 unspecified atom stereocenters. The fourth-order valence-corrected chi connectivity index (χ4v) is 3.80. The number of hydrogen-bond acceptors (Lipinski definition) is 7. The van der Waals surface area contributed by atoms with E-state index in [1.807, 2.05) is 24.4 Å². The van der Waals surface area contributed by atoms with Crippen LogP contribution in [0, 0.1) is 5.82 Å². The zero-order chi connectivity index (χ0) is 22.6. The predicted octanol–water partition coefficient (Wildman–Crippen LogP) is 3.67. The molecule has 1 saturated heterocycles. The molecule has 9 heteroatoms. The molecule has 1 N–H and O–H groups in total. The Hall–Kier alpha value is -3.85. The number of rotatable bonds is 6. The van der Waals surface area contributed by atoms with Crippen LogP contribution < -0.4 is 14.8 Å². The number of nitrogens with zero attached hydrogens (tertiary/aromatic N) is 5. The van der Waals surface area contributed by atoms with Crippen molar-refractivity contribution in [3.63, 3.8) is 0 Å². The molecule has 4 heterocycles. The second-order valence-corrected chi connectivity index (χ2v) is 7.68. The van der Waals surface area contributed by atoms with Crippen molar-refractivity contribution in [3.05, 3.63) is 66.9 Å². The monoisotopic (exact) mass is 446 g/mol. The quantitative estimate of drug-likeness (QED) is 0.484. The Morgan fingerprint density at radius 1 is 1.12 bits per heavy atom. The molecule has 0 spiro atoms. The van der Waals surface area contributed by atoms with Crippen LogP contribution >= 0.6 is 0 Å². The number of pyridine rings is 1. The maximum Gasteiger partial charge on any atom is 0.215 e. The third-order valence-electron chi connectivity index (χ3n) is 5.44. The first-order valence-corrected chi connectivity index (χ1v) is 10.8. The first-order chi connectivity index (χ1) is 16.2. The van der Waals surface area contributed by atoms with Gasteiger partial charge in [-0.2, -0.15) is 10.1 Å². The number of ether oxygens (including phenoxy) is 2. The van der Waals surface area contributed by atoms with Crippen LogP contribution in [0.5, 0.6) is 11.6 Å². The molecule has 0 radical (unpaired) electrons. The summed E-state index contributed by atoms with van der Waals surface area (Å²) in [5.74, 6) is 1.36. The molecule has 0 amide bonds. The third-order valence-corrected chi connectivity index (χ3v) is 5.44. The molecule has 8 nitrogen and oxygen atoms in total. The standard InChI is InChI=1S/C24H23FN6O2/c1-32-20-7-2-6-18(25)23(20)24-27-12-10-19(29-24)16-13-28-31(15-16)21-8-3-9-22(30-21)33-17-5-4-11-26-14-17/h2-3,6-10,12-13,15,17,26H,4-5,11,14H2,1H3/t17-/m0/s1. The van der Waals surface area contributed by atoms with E-state index in [0.29, 0.717) is 23.1 Å². The smallest absolute Gasteiger partial charge is 0.215 e. The Labute approximate surface area is 190 Å². The fourth-order valence-electron chi connectivity index (χ4n) is 3.80. The molecule has 33 heavy (non-hydrogen) atoms. The van der Waals surface area contributed by atoms with Crippen LogP contribution in [0.4, 0.5) is 4.39 Å². The topological polar surface area (TPSA) is 87.0 Å². The Balaban J connectivity index is 1.41. The number of nitrogens with one attached hydrogen (secondary N) is 1. The van der Waals surface area contributed by atoms with Gasteiger partial charge in [0.15, 0.2) is 11.6 Å². The highest BCUT2D eigenvalue weighted by molar-refractivity contribution is 5.68. The van der Waals surface area contributed by atoms with Gasteiger partial charge in [-0.1, -0.05) is 12.1 Å². The van der Waals surface area contributed by atoms with Crippen molar-refractivity contribution < 1.29 is 13.9 Å². The van der Waals surface area contributed by atoms with Crippen molar-refractivity contribution in [3.8, 4) is 40.1 Å². The van der Waals surface area contributed by atoms with Gasteiger partial charge in [-0.25, -0.2) is 19.0 Å². The lowest BCUT2D eigenvalue weighted by Crippen LogP contribution is -2.37. The molecular weight excluding hydrogens is 423 g/mol. The summed E-state index contributed by atoms with van der Waals surface area (Å²) in [4.78, 5) is 13.4. The van der Waals surface area contributed by atoms with Crippen LogP contribution in [0.2, 0.25) is 0 Å². The van der Waals surface area contributed by atoms with Crippen molar-refractivity contribution in [1.82, 2.24) is 30.0 Å². The summed E-state index contributed by atoms with van der Waals surface area (Å²) in [5, 5.41) is 7.77. The minimum absolute atomic E-state index is 0.115. The summed E-state index contributed by atoms with van der Waals surface area (Å²) >= 11 is 0. The van der Waals surface area contributed by atoms with E-state index in [4.69, 9.17) is 9.47 Å². The Kier molecular flexibility index (Phi) is 5.95. The van der Waals surface area contributed by atoms with Gasteiger partial charge in [0.25, 0.3) is 0 Å². The average molecular weight is 446 g/mol. The number of aromatic nitrogens is 5. The molecule has 168 valence electrons. The lowest BCUT2D eigenvalue weighted by atomic mass is 10.1. The Bertz CT molecular complexity index is 1260. The summed E-state index contributed by atoms with van der Waals surface area (Å²) in [5.41, 5.74) is 1.58. The first-order valence-electron chi connectivity index (χ1n) is 10.8. The highest BCUT2D eigenvalue weighted by atomic mass is 19.1. The van der Waals surface area contributed by atoms with Gasteiger partial charge in [-0.3, -0.25) is 0 Å². The molecule has 3 aromatic heterocycles. The minimum atomic E-state index is -0.448. The minimum Gasteiger partial charge on any atom is -0.496 e. The van der Waals surface area contributed by atoms with Gasteiger partial charge in [-0.15, -0.1) is 0 Å². The van der Waals surface area contributed by atoms with E-state index in [1.165, 1.54) is 13.2 Å². The van der Waals surface area contributed by atoms with Crippen LogP contribution in [-0.4, -0.2) is 51.0 Å². The lowest BCUT2D eigenvalue weighted by molar-refractivity contribution is 0.160. The molecule has 0 aliphatic carbocycles. The first kappa shape index (κ1) is 21.0. The van der Waals surface area contributed by atoms with Crippen molar-refractivity contribution in [2.45, 2.75) is 18.9 Å². The van der Waals surface area contributed by atoms with Gasteiger partial charge in [-0.05, 0) is 43.7 Å². The molecular formula is C24H23FN6O2. The number of benzene rings is 1. The zero-order valence-electron chi connectivity index (χ0n) is 18.1. The largest absolute Gasteiger partial charge is 0.496 e. The predicted molar refractivity (Wildman–Crippen MR) is 121 cm³/mol. The highest BCUT2D eigenvalue weighted by Gasteiger charge is 2.17. The number of halogens is 1. The number of hydrogen-bond donors (Lipinski definition) is 1. The normalized spacial score (nSPS) is 15.9. The van der Waals surface area contributed by atoms with Crippen LogP contribution in [0.25, 0.3) is 28.5 Å². The van der Waals surface area contributed by atoms with E-state index < -0.39 is 5.82 Å². The Morgan fingerprint density at radius 2 is 2.03 bits per heavy atom. The van der Waals surface area contributed by atoms with Gasteiger partial charge in [0.1, 0.15) is 17.7 Å². The Morgan fingerprint density at radius 3 is 2.88 bits per heavy atom. The van der Waals surface area contributed by atoms with Crippen molar-refractivity contribution >= 4 is 0 Å². The number of methoxy groups -OCH3 is 1. The molecule has 1 aliphatic rings. The molecule has 1 atom stereocenters. The van der Waals surface area contributed by atoms with Gasteiger partial charge in [0.2, 0.25) is 5.88 Å². The van der Waals surface area contributed by atoms with Gasteiger partial charge >= 0.3 is 0 Å². The van der Waals surface area contributed by atoms with Gasteiger partial charge in [0.05, 0.1) is 24.6 Å². The second kappa shape index (κ2) is 9.33. The summed E-state index contributed by atoms with van der Waals surface area (Å²) in [7, 11) is 1.49. The molecule has 1 aromatic carbocycles. The van der Waals surface area contributed by atoms with Crippen molar-refractivity contribution in [2.75, 3.05) is 20.2 Å². The highest BCUT2D eigenvalue weighted by Crippen LogP contribution is 2.31. The average Bonchev–Trinajstić information content (AvgIpc) is 3.35. The summed E-state index contributed by atoms with van der Waals surface area (Å²) in [6, 6.07) is 12.0. The van der Waals surface area contributed by atoms with E-state index in [0.717, 1.165) is 31.5 Å². The molecule has 1 aliphatic heterocycles. The van der Waals surface area contributed by atoms with Crippen molar-refractivity contribution in [1.29, 1.82) is 0 Å². The van der Waals surface area contributed by atoms with E-state index in [2.05, 4.69) is 25.4 Å². The molecule has 5 rings (SSSR count). The van der Waals surface area contributed by atoms with Crippen LogP contribution in [0.15, 0.2) is 61.1 Å². The van der Waals surface area contributed by atoms with Gasteiger partial charge < -0.3 is 14.8 Å². The summed E-state index contributed by atoms with van der Waals surface area (Å²) in [6.07, 6.45) is 7.31. The zero-order valence-corrected chi connectivity index (χ0v) is 18.1. The van der Waals surface area contributed by atoms with Crippen LogP contribution in [-0.2, 0) is 0 Å². The van der Waals surface area contributed by atoms with Crippen molar-refractivity contribution in [2.24, 2.45) is 0 Å². The molecule has 4 aromatic rings. The second-order valence-electron chi connectivity index (χ2n) is 7.68. The van der Waals surface area contributed by atoms with E-state index >= 15 is 0 Å². The fraction of sp³-hybridized carbons (Fsp3) is 0.250. The van der Waals surface area contributed by atoms with E-state index in [-0.39, 0.29) is 17.5 Å². The maximum absolute atomic E-state index is 14.5. The summed E-state index contributed by atoms with van der Waals surface area (Å²) in [6.45, 7) is 1.85. The van der Waals surface area contributed by atoms with E-state index in [1.54, 1.807) is 35.3 Å². The van der Waals surface area contributed by atoms with Gasteiger partial charge in [0, 0.05) is 30.6 Å². The van der Waals surface area contributed by atoms with E-state index in [9.17, 15) is 4.39 Å². The lowest BCUT2D eigenvalue weighted by Gasteiger charge is -2.23. The third kappa shape index (κ3) is 4.54. The molecule has 0 saturated carbocycles. The SMILES string of the molecule is COc1cccc(F)c1-c1nccc(-c2cnn(-c3cccc(O[C@H]4CCCNC4)n3)c2)n1. The molecule has 1 fully saturated rings. The van der Waals surface area contributed by atoms with Crippen LogP contribution in [0.1, 0.15) is 12.8 Å². The molecule has 0 bridgehead atoms. The summed E-state index contributed by atoms with van der Waals surface area (Å²) < 4.78 is 27.5. The number of piperidine rings is 1.